The maximum atomic E-state index is 12.6. The summed E-state index contributed by atoms with van der Waals surface area (Å²) in [6.07, 6.45) is 4.01. The van der Waals surface area contributed by atoms with E-state index in [0.29, 0.717) is 22.8 Å². The van der Waals surface area contributed by atoms with Crippen LogP contribution in [0.5, 0.6) is 0 Å². The van der Waals surface area contributed by atoms with E-state index in [1.807, 2.05) is 10.7 Å². The number of fused-ring (bicyclic) bond motifs is 1. The zero-order valence-corrected chi connectivity index (χ0v) is 19.0. The smallest absolute Gasteiger partial charge is 0.261 e. The Balaban J connectivity index is 0.000000858. The topological polar surface area (TPSA) is 121 Å². The molecule has 2 aromatic heterocycles. The maximum Gasteiger partial charge on any atom is 0.261 e. The zero-order valence-electron chi connectivity index (χ0n) is 18.1. The Morgan fingerprint density at radius 3 is 2.39 bits per heavy atom. The molecule has 0 spiro atoms. The minimum atomic E-state index is -3.41. The number of hydrogen-bond acceptors (Lipinski definition) is 6. The zero-order chi connectivity index (χ0) is 22.8. The molecule has 4 rings (SSSR count). The summed E-state index contributed by atoms with van der Waals surface area (Å²) in [5.74, 6) is 1.10. The summed E-state index contributed by atoms with van der Waals surface area (Å²) < 4.78 is 26.2. The van der Waals surface area contributed by atoms with E-state index in [1.165, 1.54) is 19.8 Å². The van der Waals surface area contributed by atoms with Gasteiger partial charge in [-0.3, -0.25) is 9.48 Å². The first-order chi connectivity index (χ1) is 14.6. The molecule has 31 heavy (non-hydrogen) atoms. The van der Waals surface area contributed by atoms with E-state index < -0.39 is 14.6 Å². The molecule has 0 saturated heterocycles. The van der Waals surface area contributed by atoms with Crippen molar-refractivity contribution in [3.8, 4) is 6.07 Å². The van der Waals surface area contributed by atoms with Crippen LogP contribution in [0.4, 0.5) is 11.5 Å². The lowest BCUT2D eigenvalue weighted by Gasteiger charge is -2.19. The van der Waals surface area contributed by atoms with Gasteiger partial charge in [0.25, 0.3) is 5.56 Å². The molecule has 1 fully saturated rings. The highest BCUT2D eigenvalue weighted by molar-refractivity contribution is 7.92. The predicted octanol–water partition coefficient (Wildman–Crippen LogP) is 3.98. The quantitative estimate of drug-likeness (QED) is 0.618. The number of sulfone groups is 1. The standard InChI is InChI=1S/C20H24N4O3S.C2H3N/c1-20(2,3)28(26,27)15-8-6-14(7-9-15)22-18-17-16(10-11-21-19(17)25)24(23-18)12-13-4-5-13;1-2-3/h6-11,13H,4-5,12H2,1-3H3,(H,21,25)(H,22,23);1H3. The Labute approximate surface area is 181 Å². The van der Waals surface area contributed by atoms with E-state index in [-0.39, 0.29) is 10.5 Å². The molecule has 9 heteroatoms. The van der Waals surface area contributed by atoms with Crippen molar-refractivity contribution >= 4 is 32.2 Å². The number of nitrogens with one attached hydrogen (secondary N) is 2. The van der Waals surface area contributed by atoms with Crippen LogP contribution in [0.15, 0.2) is 46.2 Å². The maximum absolute atomic E-state index is 12.6. The molecule has 0 unspecified atom stereocenters. The van der Waals surface area contributed by atoms with Gasteiger partial charge in [-0.15, -0.1) is 0 Å². The SMILES string of the molecule is CC#N.CC(C)(C)S(=O)(=O)c1ccc(Nc2nn(CC3CC3)c3cc[nH]c(=O)c23)cc1. The van der Waals surface area contributed by atoms with Crippen LogP contribution >= 0.6 is 0 Å². The van der Waals surface area contributed by atoms with Crippen molar-refractivity contribution < 1.29 is 8.42 Å². The van der Waals surface area contributed by atoms with Crippen molar-refractivity contribution in [3.05, 3.63) is 46.9 Å². The lowest BCUT2D eigenvalue weighted by molar-refractivity contribution is 0.560. The number of aromatic nitrogens is 3. The second-order valence-electron chi connectivity index (χ2n) is 8.53. The number of H-pyrrole nitrogens is 1. The Morgan fingerprint density at radius 1 is 1.23 bits per heavy atom. The predicted molar refractivity (Wildman–Crippen MR) is 121 cm³/mol. The molecule has 0 bridgehead atoms. The van der Waals surface area contributed by atoms with Gasteiger partial charge in [-0.05, 0) is 69.9 Å². The molecular formula is C22H27N5O3S. The monoisotopic (exact) mass is 441 g/mol. The Morgan fingerprint density at radius 2 is 1.84 bits per heavy atom. The number of pyridine rings is 1. The summed E-state index contributed by atoms with van der Waals surface area (Å²) in [6.45, 7) is 7.27. The Hall–Kier alpha value is -3.12. The number of nitriles is 1. The molecule has 3 aromatic rings. The summed E-state index contributed by atoms with van der Waals surface area (Å²) >= 11 is 0. The first-order valence-electron chi connectivity index (χ1n) is 10.1. The Kier molecular flexibility index (Phi) is 6.23. The molecule has 8 nitrogen and oxygen atoms in total. The van der Waals surface area contributed by atoms with Gasteiger partial charge in [-0.2, -0.15) is 10.4 Å². The van der Waals surface area contributed by atoms with Gasteiger partial charge in [0.2, 0.25) is 0 Å². The van der Waals surface area contributed by atoms with Crippen molar-refractivity contribution in [2.75, 3.05) is 5.32 Å². The molecule has 0 atom stereocenters. The van der Waals surface area contributed by atoms with Crippen molar-refractivity contribution in [2.45, 2.75) is 56.7 Å². The van der Waals surface area contributed by atoms with Crippen molar-refractivity contribution in [1.29, 1.82) is 5.26 Å². The first kappa shape index (κ1) is 22.6. The molecule has 0 aliphatic heterocycles. The van der Waals surface area contributed by atoms with Crippen LogP contribution in [0.2, 0.25) is 0 Å². The van der Waals surface area contributed by atoms with Crippen molar-refractivity contribution in [3.63, 3.8) is 0 Å². The summed E-state index contributed by atoms with van der Waals surface area (Å²) in [7, 11) is -3.41. The fourth-order valence-electron chi connectivity index (χ4n) is 3.12. The molecule has 1 aromatic carbocycles. The van der Waals surface area contributed by atoms with Crippen molar-refractivity contribution in [1.82, 2.24) is 14.8 Å². The van der Waals surface area contributed by atoms with E-state index in [4.69, 9.17) is 5.26 Å². The minimum absolute atomic E-state index is 0.200. The molecule has 2 heterocycles. The highest BCUT2D eigenvalue weighted by Crippen LogP contribution is 2.33. The van der Waals surface area contributed by atoms with E-state index in [0.717, 1.165) is 12.1 Å². The normalized spacial score (nSPS) is 13.9. The molecule has 1 aliphatic carbocycles. The van der Waals surface area contributed by atoms with Crippen LogP contribution in [0.25, 0.3) is 10.9 Å². The summed E-state index contributed by atoms with van der Waals surface area (Å²) in [5, 5.41) is 15.6. The van der Waals surface area contributed by atoms with Crippen molar-refractivity contribution in [2.24, 2.45) is 5.92 Å². The fraction of sp³-hybridized carbons (Fsp3) is 0.409. The highest BCUT2D eigenvalue weighted by Gasteiger charge is 2.30. The van der Waals surface area contributed by atoms with E-state index >= 15 is 0 Å². The van der Waals surface area contributed by atoms with Gasteiger partial charge in [-0.1, -0.05) is 0 Å². The molecule has 1 saturated carbocycles. The lowest BCUT2D eigenvalue weighted by Crippen LogP contribution is -2.27. The fourth-order valence-corrected chi connectivity index (χ4v) is 4.32. The molecular weight excluding hydrogens is 414 g/mol. The molecule has 0 radical (unpaired) electrons. The number of aromatic amines is 1. The van der Waals surface area contributed by atoms with Gasteiger partial charge in [0.05, 0.1) is 21.2 Å². The van der Waals surface area contributed by atoms with Crippen LogP contribution in [0, 0.1) is 17.2 Å². The molecule has 164 valence electrons. The van der Waals surface area contributed by atoms with Gasteiger partial charge in [-0.25, -0.2) is 8.42 Å². The number of benzene rings is 1. The van der Waals surface area contributed by atoms with Crippen LogP contribution in [0.1, 0.15) is 40.5 Å². The largest absolute Gasteiger partial charge is 0.338 e. The summed E-state index contributed by atoms with van der Waals surface area (Å²) in [4.78, 5) is 15.3. The summed E-state index contributed by atoms with van der Waals surface area (Å²) in [6, 6.07) is 10.2. The second kappa shape index (κ2) is 8.55. The van der Waals surface area contributed by atoms with Crippen LogP contribution in [-0.4, -0.2) is 27.9 Å². The number of rotatable bonds is 5. The third-order valence-electron chi connectivity index (χ3n) is 5.04. The van der Waals surface area contributed by atoms with Crippen LogP contribution in [-0.2, 0) is 16.4 Å². The van der Waals surface area contributed by atoms with Gasteiger partial charge in [0, 0.05) is 25.4 Å². The van der Waals surface area contributed by atoms with E-state index in [1.54, 1.807) is 57.3 Å². The summed E-state index contributed by atoms with van der Waals surface area (Å²) in [5.41, 5.74) is 1.27. The van der Waals surface area contributed by atoms with Crippen LogP contribution in [0.3, 0.4) is 0 Å². The number of anilines is 2. The van der Waals surface area contributed by atoms with Gasteiger partial charge in [0.15, 0.2) is 15.7 Å². The third kappa shape index (κ3) is 4.80. The molecule has 1 aliphatic rings. The highest BCUT2D eigenvalue weighted by atomic mass is 32.2. The average Bonchev–Trinajstić information content (AvgIpc) is 3.44. The molecule has 0 amide bonds. The average molecular weight is 442 g/mol. The third-order valence-corrected chi connectivity index (χ3v) is 7.54. The van der Waals surface area contributed by atoms with Gasteiger partial charge < -0.3 is 10.3 Å². The first-order valence-corrected chi connectivity index (χ1v) is 11.6. The minimum Gasteiger partial charge on any atom is -0.338 e. The second-order valence-corrected chi connectivity index (χ2v) is 11.2. The van der Waals surface area contributed by atoms with Gasteiger partial charge in [0.1, 0.15) is 5.39 Å². The van der Waals surface area contributed by atoms with E-state index in [2.05, 4.69) is 15.4 Å². The number of nitrogens with zero attached hydrogens (tertiary/aromatic N) is 3. The Bertz CT molecular complexity index is 1270. The van der Waals surface area contributed by atoms with E-state index in [9.17, 15) is 13.2 Å². The molecule has 2 N–H and O–H groups in total. The number of hydrogen-bond donors (Lipinski definition) is 2. The lowest BCUT2D eigenvalue weighted by atomic mass is 10.2. The van der Waals surface area contributed by atoms with Gasteiger partial charge >= 0.3 is 0 Å². The van der Waals surface area contributed by atoms with Crippen LogP contribution < -0.4 is 10.9 Å².